The average molecular weight is 370 g/mol. The van der Waals surface area contributed by atoms with Crippen molar-refractivity contribution in [2.75, 3.05) is 5.32 Å². The molecule has 0 radical (unpaired) electrons. The number of hydrogen-bond acceptors (Lipinski definition) is 2. The summed E-state index contributed by atoms with van der Waals surface area (Å²) in [5.41, 5.74) is 1.59. The van der Waals surface area contributed by atoms with Crippen LogP contribution in [0.5, 0.6) is 5.75 Å². The zero-order valence-corrected chi connectivity index (χ0v) is 13.1. The van der Waals surface area contributed by atoms with Crippen LogP contribution in [0.15, 0.2) is 53.0 Å². The van der Waals surface area contributed by atoms with E-state index >= 15 is 0 Å². The molecule has 6 heteroatoms. The van der Waals surface area contributed by atoms with Gasteiger partial charge in [-0.1, -0.05) is 24.3 Å². The molecular formula is C16H14BrF2NO2. The van der Waals surface area contributed by atoms with Crippen molar-refractivity contribution >= 4 is 27.5 Å². The quantitative estimate of drug-likeness (QED) is 0.806. The number of alkyl halides is 2. The fraction of sp³-hybridized carbons (Fsp3) is 0.188. The summed E-state index contributed by atoms with van der Waals surface area (Å²) in [6.07, 6.45) is 0.821. The lowest BCUT2D eigenvalue weighted by Gasteiger charge is -2.08. The summed E-state index contributed by atoms with van der Waals surface area (Å²) >= 11 is 3.36. The molecular weight excluding hydrogens is 356 g/mol. The van der Waals surface area contributed by atoms with Crippen molar-refractivity contribution in [1.29, 1.82) is 0 Å². The summed E-state index contributed by atoms with van der Waals surface area (Å²) in [7, 11) is 0. The molecule has 0 bridgehead atoms. The van der Waals surface area contributed by atoms with Crippen LogP contribution in [0.3, 0.4) is 0 Å². The van der Waals surface area contributed by atoms with Crippen LogP contribution in [-0.4, -0.2) is 12.5 Å². The van der Waals surface area contributed by atoms with Crippen molar-refractivity contribution in [3.8, 4) is 5.75 Å². The number of carbonyl (C=O) groups is 1. The highest BCUT2D eigenvalue weighted by atomic mass is 79.9. The molecule has 22 heavy (non-hydrogen) atoms. The van der Waals surface area contributed by atoms with E-state index in [1.807, 2.05) is 18.2 Å². The fourth-order valence-corrected chi connectivity index (χ4v) is 2.25. The standard InChI is InChI=1S/C16H14BrF2NO2/c17-13-3-1-2-4-14(13)20-15(21)10-7-11-5-8-12(9-6-11)22-16(18)19/h1-6,8-9,16H,7,10H2,(H,20,21). The minimum Gasteiger partial charge on any atom is -0.435 e. The molecule has 0 aromatic heterocycles. The number of hydrogen-bond donors (Lipinski definition) is 1. The number of benzene rings is 2. The number of rotatable bonds is 6. The van der Waals surface area contributed by atoms with E-state index in [0.29, 0.717) is 18.5 Å². The van der Waals surface area contributed by atoms with Gasteiger partial charge in [0.25, 0.3) is 0 Å². The van der Waals surface area contributed by atoms with Crippen molar-refractivity contribution in [2.45, 2.75) is 19.5 Å². The molecule has 0 aliphatic rings. The number of anilines is 1. The zero-order chi connectivity index (χ0) is 15.9. The van der Waals surface area contributed by atoms with Crippen molar-refractivity contribution in [3.05, 3.63) is 58.6 Å². The second-order valence-corrected chi connectivity index (χ2v) is 5.40. The molecule has 0 saturated carbocycles. The van der Waals surface area contributed by atoms with Crippen LogP contribution in [0.2, 0.25) is 0 Å². The zero-order valence-electron chi connectivity index (χ0n) is 11.6. The molecule has 0 saturated heterocycles. The highest BCUT2D eigenvalue weighted by molar-refractivity contribution is 9.10. The lowest BCUT2D eigenvalue weighted by Crippen LogP contribution is -2.12. The normalized spacial score (nSPS) is 10.5. The van der Waals surface area contributed by atoms with Gasteiger partial charge in [-0.3, -0.25) is 4.79 Å². The summed E-state index contributed by atoms with van der Waals surface area (Å²) in [4.78, 5) is 11.9. The Morgan fingerprint density at radius 2 is 1.82 bits per heavy atom. The molecule has 2 rings (SSSR count). The minimum atomic E-state index is -2.83. The summed E-state index contributed by atoms with van der Waals surface area (Å²) in [6.45, 7) is -2.83. The monoisotopic (exact) mass is 369 g/mol. The van der Waals surface area contributed by atoms with Gasteiger partial charge in [-0.05, 0) is 52.2 Å². The SMILES string of the molecule is O=C(CCc1ccc(OC(F)F)cc1)Nc1ccccc1Br. The number of halogens is 3. The minimum absolute atomic E-state index is 0.108. The number of carbonyl (C=O) groups excluding carboxylic acids is 1. The topological polar surface area (TPSA) is 38.3 Å². The first-order chi connectivity index (χ1) is 10.5. The molecule has 2 aromatic rings. The number of aryl methyl sites for hydroxylation is 1. The van der Waals surface area contributed by atoms with Gasteiger partial charge in [0.2, 0.25) is 5.91 Å². The fourth-order valence-electron chi connectivity index (χ4n) is 1.87. The second kappa shape index (κ2) is 7.89. The molecule has 0 aliphatic carbocycles. The Balaban J connectivity index is 1.85. The molecule has 0 aliphatic heterocycles. The van der Waals surface area contributed by atoms with E-state index in [9.17, 15) is 13.6 Å². The molecule has 0 fully saturated rings. The van der Waals surface area contributed by atoms with Crippen LogP contribution in [0.25, 0.3) is 0 Å². The van der Waals surface area contributed by atoms with Crippen LogP contribution >= 0.6 is 15.9 Å². The van der Waals surface area contributed by atoms with Crippen molar-refractivity contribution in [1.82, 2.24) is 0 Å². The Hall–Kier alpha value is -1.95. The van der Waals surface area contributed by atoms with Gasteiger partial charge in [0.1, 0.15) is 5.75 Å². The molecule has 2 aromatic carbocycles. The summed E-state index contributed by atoms with van der Waals surface area (Å²) in [5.74, 6) is -0.00350. The molecule has 0 spiro atoms. The van der Waals surface area contributed by atoms with E-state index in [1.165, 1.54) is 12.1 Å². The number of ether oxygens (including phenoxy) is 1. The van der Waals surface area contributed by atoms with E-state index in [2.05, 4.69) is 26.0 Å². The van der Waals surface area contributed by atoms with Gasteiger partial charge in [0, 0.05) is 10.9 Å². The van der Waals surface area contributed by atoms with E-state index in [-0.39, 0.29) is 11.7 Å². The van der Waals surface area contributed by atoms with Crippen molar-refractivity contribution in [2.24, 2.45) is 0 Å². The van der Waals surface area contributed by atoms with Crippen LogP contribution in [0.1, 0.15) is 12.0 Å². The van der Waals surface area contributed by atoms with Crippen molar-refractivity contribution < 1.29 is 18.3 Å². The Morgan fingerprint density at radius 3 is 2.45 bits per heavy atom. The van der Waals surface area contributed by atoms with Crippen LogP contribution in [-0.2, 0) is 11.2 Å². The second-order valence-electron chi connectivity index (χ2n) is 4.55. The Labute approximate surface area is 135 Å². The summed E-state index contributed by atoms with van der Waals surface area (Å²) in [6, 6.07) is 13.6. The number of para-hydroxylation sites is 1. The molecule has 0 atom stereocenters. The van der Waals surface area contributed by atoms with Gasteiger partial charge in [-0.15, -0.1) is 0 Å². The van der Waals surface area contributed by atoms with Gasteiger partial charge < -0.3 is 10.1 Å². The smallest absolute Gasteiger partial charge is 0.387 e. The van der Waals surface area contributed by atoms with Gasteiger partial charge in [-0.25, -0.2) is 0 Å². The van der Waals surface area contributed by atoms with E-state index in [0.717, 1.165) is 10.0 Å². The third kappa shape index (κ3) is 5.11. The number of nitrogens with one attached hydrogen (secondary N) is 1. The van der Waals surface area contributed by atoms with E-state index in [1.54, 1.807) is 18.2 Å². The van der Waals surface area contributed by atoms with Crippen LogP contribution in [0.4, 0.5) is 14.5 Å². The summed E-state index contributed by atoms with van der Waals surface area (Å²) in [5, 5.41) is 2.81. The van der Waals surface area contributed by atoms with Gasteiger partial charge in [0.15, 0.2) is 0 Å². The maximum absolute atomic E-state index is 12.0. The lowest BCUT2D eigenvalue weighted by molar-refractivity contribution is -0.116. The molecule has 0 unspecified atom stereocenters. The van der Waals surface area contributed by atoms with Gasteiger partial charge >= 0.3 is 6.61 Å². The van der Waals surface area contributed by atoms with Crippen molar-refractivity contribution in [3.63, 3.8) is 0 Å². The molecule has 1 N–H and O–H groups in total. The molecule has 0 heterocycles. The Bertz CT molecular complexity index is 632. The number of amides is 1. The third-order valence-electron chi connectivity index (χ3n) is 2.94. The molecule has 3 nitrogen and oxygen atoms in total. The maximum Gasteiger partial charge on any atom is 0.387 e. The van der Waals surface area contributed by atoms with Gasteiger partial charge in [0.05, 0.1) is 5.69 Å². The first-order valence-electron chi connectivity index (χ1n) is 6.63. The van der Waals surface area contributed by atoms with E-state index in [4.69, 9.17) is 0 Å². The largest absolute Gasteiger partial charge is 0.435 e. The maximum atomic E-state index is 12.0. The molecule has 116 valence electrons. The molecule has 1 amide bonds. The lowest BCUT2D eigenvalue weighted by atomic mass is 10.1. The van der Waals surface area contributed by atoms with Gasteiger partial charge in [-0.2, -0.15) is 8.78 Å². The van der Waals surface area contributed by atoms with Crippen LogP contribution < -0.4 is 10.1 Å². The first-order valence-corrected chi connectivity index (χ1v) is 7.42. The Morgan fingerprint density at radius 1 is 1.14 bits per heavy atom. The van der Waals surface area contributed by atoms with E-state index < -0.39 is 6.61 Å². The Kier molecular flexibility index (Phi) is 5.89. The predicted molar refractivity (Wildman–Crippen MR) is 84.2 cm³/mol. The third-order valence-corrected chi connectivity index (χ3v) is 3.63. The highest BCUT2D eigenvalue weighted by Gasteiger charge is 2.07. The highest BCUT2D eigenvalue weighted by Crippen LogP contribution is 2.21. The summed E-state index contributed by atoms with van der Waals surface area (Å²) < 4.78 is 29.2. The predicted octanol–water partition coefficient (Wildman–Crippen LogP) is 4.62. The first kappa shape index (κ1) is 16.4. The average Bonchev–Trinajstić information content (AvgIpc) is 2.48. The van der Waals surface area contributed by atoms with Crippen LogP contribution in [0, 0.1) is 0 Å².